The van der Waals surface area contributed by atoms with Gasteiger partial charge in [-0.1, -0.05) is 48.5 Å². The molecule has 1 amide bonds. The average Bonchev–Trinajstić information content (AvgIpc) is 3.23. The molecule has 2 heterocycles. The highest BCUT2D eigenvalue weighted by atomic mass is 16.2. The molecule has 0 bridgehead atoms. The van der Waals surface area contributed by atoms with E-state index in [9.17, 15) is 4.79 Å². The molecular formula is C23H21N5O. The Labute approximate surface area is 169 Å². The zero-order valence-corrected chi connectivity index (χ0v) is 16.1. The topological polar surface area (TPSA) is 72.7 Å². The molecule has 29 heavy (non-hydrogen) atoms. The minimum atomic E-state index is -0.0776. The molecule has 0 radical (unpaired) electrons. The van der Waals surface area contributed by atoms with Crippen LogP contribution in [0.1, 0.15) is 18.5 Å². The van der Waals surface area contributed by atoms with Crippen molar-refractivity contribution in [2.24, 2.45) is 0 Å². The van der Waals surface area contributed by atoms with Gasteiger partial charge in [-0.25, -0.2) is 9.97 Å². The van der Waals surface area contributed by atoms with Crippen molar-refractivity contribution in [2.45, 2.75) is 19.5 Å². The van der Waals surface area contributed by atoms with Crippen molar-refractivity contribution < 1.29 is 4.79 Å². The first kappa shape index (κ1) is 18.6. The fraction of sp³-hybridized carbons (Fsp3) is 0.130. The summed E-state index contributed by atoms with van der Waals surface area (Å²) in [6, 6.07) is 19.8. The Bertz CT molecular complexity index is 1090. The Morgan fingerprint density at radius 3 is 2.52 bits per heavy atom. The molecular weight excluding hydrogens is 362 g/mol. The largest absolute Gasteiger partial charge is 0.348 e. The molecule has 0 spiro atoms. The van der Waals surface area contributed by atoms with Crippen molar-refractivity contribution in [3.63, 3.8) is 0 Å². The summed E-state index contributed by atoms with van der Waals surface area (Å²) in [5.41, 5.74) is 4.83. The predicted octanol–water partition coefficient (Wildman–Crippen LogP) is 3.88. The first-order valence-corrected chi connectivity index (χ1v) is 9.42. The average molecular weight is 383 g/mol. The van der Waals surface area contributed by atoms with E-state index in [2.05, 4.69) is 20.4 Å². The Kier molecular flexibility index (Phi) is 5.42. The molecule has 6 heteroatoms. The van der Waals surface area contributed by atoms with Gasteiger partial charge in [0, 0.05) is 29.7 Å². The molecule has 2 aromatic carbocycles. The van der Waals surface area contributed by atoms with Crippen LogP contribution in [0.2, 0.25) is 0 Å². The fourth-order valence-corrected chi connectivity index (χ4v) is 3.17. The summed E-state index contributed by atoms with van der Waals surface area (Å²) >= 11 is 0. The molecule has 0 saturated carbocycles. The van der Waals surface area contributed by atoms with Crippen LogP contribution in [0, 0.1) is 0 Å². The van der Waals surface area contributed by atoms with Crippen molar-refractivity contribution in [1.82, 2.24) is 25.1 Å². The zero-order chi connectivity index (χ0) is 20.1. The highest BCUT2D eigenvalue weighted by Gasteiger charge is 2.11. The standard InChI is InChI=1S/C23H21N5O/c1-17(18-6-3-2-4-7-18)26-23(29)15-28-11-10-22(27-28)20-9-5-8-19(12-20)21-13-24-16-25-14-21/h2-14,16-17H,15H2,1H3,(H,26,29). The molecule has 0 fully saturated rings. The molecule has 0 aliphatic carbocycles. The van der Waals surface area contributed by atoms with Gasteiger partial charge < -0.3 is 5.32 Å². The maximum Gasteiger partial charge on any atom is 0.242 e. The Balaban J connectivity index is 1.44. The second-order valence-corrected chi connectivity index (χ2v) is 6.81. The third-order valence-electron chi connectivity index (χ3n) is 4.68. The SMILES string of the molecule is CC(NC(=O)Cn1ccc(-c2cccc(-c3cncnc3)c2)n1)c1ccccc1. The zero-order valence-electron chi connectivity index (χ0n) is 16.1. The van der Waals surface area contributed by atoms with Crippen molar-refractivity contribution in [2.75, 3.05) is 0 Å². The molecule has 4 rings (SSSR count). The normalized spacial score (nSPS) is 11.8. The lowest BCUT2D eigenvalue weighted by Gasteiger charge is -2.14. The van der Waals surface area contributed by atoms with E-state index in [-0.39, 0.29) is 18.5 Å². The number of amides is 1. The maximum absolute atomic E-state index is 12.4. The Morgan fingerprint density at radius 1 is 0.966 bits per heavy atom. The van der Waals surface area contributed by atoms with Crippen molar-refractivity contribution in [3.05, 3.63) is 91.1 Å². The van der Waals surface area contributed by atoms with E-state index in [0.717, 1.165) is 27.9 Å². The first-order chi connectivity index (χ1) is 14.2. The highest BCUT2D eigenvalue weighted by Crippen LogP contribution is 2.24. The summed E-state index contributed by atoms with van der Waals surface area (Å²) < 4.78 is 1.65. The molecule has 4 aromatic rings. The third-order valence-corrected chi connectivity index (χ3v) is 4.68. The molecule has 0 aliphatic rings. The van der Waals surface area contributed by atoms with Gasteiger partial charge in [0.05, 0.1) is 11.7 Å². The van der Waals surface area contributed by atoms with Gasteiger partial charge >= 0.3 is 0 Å². The summed E-state index contributed by atoms with van der Waals surface area (Å²) in [7, 11) is 0. The van der Waals surface area contributed by atoms with E-state index in [1.807, 2.05) is 73.8 Å². The van der Waals surface area contributed by atoms with Crippen molar-refractivity contribution in [3.8, 4) is 22.4 Å². The van der Waals surface area contributed by atoms with Crippen LogP contribution >= 0.6 is 0 Å². The van der Waals surface area contributed by atoms with Crippen LogP contribution in [0.15, 0.2) is 85.6 Å². The maximum atomic E-state index is 12.4. The van der Waals surface area contributed by atoms with Gasteiger partial charge in [0.25, 0.3) is 0 Å². The van der Waals surface area contributed by atoms with Gasteiger partial charge in [0.2, 0.25) is 5.91 Å². The summed E-state index contributed by atoms with van der Waals surface area (Å²) in [6.07, 6.45) is 6.89. The van der Waals surface area contributed by atoms with E-state index < -0.39 is 0 Å². The van der Waals surface area contributed by atoms with Gasteiger partial charge in [-0.15, -0.1) is 0 Å². The number of carbonyl (C=O) groups is 1. The van der Waals surface area contributed by atoms with Gasteiger partial charge in [0.15, 0.2) is 0 Å². The minimum absolute atomic E-state index is 0.0523. The molecule has 1 N–H and O–H groups in total. The van der Waals surface area contributed by atoms with Gasteiger partial charge in [-0.05, 0) is 30.2 Å². The smallest absolute Gasteiger partial charge is 0.242 e. The molecule has 1 unspecified atom stereocenters. The number of benzene rings is 2. The summed E-state index contributed by atoms with van der Waals surface area (Å²) in [6.45, 7) is 2.14. The molecule has 0 saturated heterocycles. The third kappa shape index (κ3) is 4.55. The molecule has 2 aromatic heterocycles. The predicted molar refractivity (Wildman–Crippen MR) is 112 cm³/mol. The van der Waals surface area contributed by atoms with Crippen LogP contribution in [0.5, 0.6) is 0 Å². The fourth-order valence-electron chi connectivity index (χ4n) is 3.17. The lowest BCUT2D eigenvalue weighted by Crippen LogP contribution is -2.30. The van der Waals surface area contributed by atoms with E-state index >= 15 is 0 Å². The van der Waals surface area contributed by atoms with Crippen LogP contribution in [-0.2, 0) is 11.3 Å². The van der Waals surface area contributed by atoms with Gasteiger partial charge in [-0.3, -0.25) is 9.48 Å². The highest BCUT2D eigenvalue weighted by molar-refractivity contribution is 5.76. The summed E-state index contributed by atoms with van der Waals surface area (Å²) in [5, 5.41) is 7.57. The molecule has 144 valence electrons. The monoisotopic (exact) mass is 383 g/mol. The molecule has 1 atom stereocenters. The molecule has 0 aliphatic heterocycles. The summed E-state index contributed by atoms with van der Waals surface area (Å²) in [4.78, 5) is 20.5. The lowest BCUT2D eigenvalue weighted by molar-refractivity contribution is -0.122. The number of carbonyl (C=O) groups excluding carboxylic acids is 1. The lowest BCUT2D eigenvalue weighted by atomic mass is 10.0. The van der Waals surface area contributed by atoms with Crippen LogP contribution in [0.3, 0.4) is 0 Å². The van der Waals surface area contributed by atoms with Gasteiger partial charge in [0.1, 0.15) is 12.9 Å². The van der Waals surface area contributed by atoms with E-state index in [1.54, 1.807) is 17.1 Å². The first-order valence-electron chi connectivity index (χ1n) is 9.42. The number of nitrogens with zero attached hydrogens (tertiary/aromatic N) is 4. The van der Waals surface area contributed by atoms with Crippen LogP contribution in [0.25, 0.3) is 22.4 Å². The van der Waals surface area contributed by atoms with Crippen molar-refractivity contribution in [1.29, 1.82) is 0 Å². The van der Waals surface area contributed by atoms with Crippen LogP contribution in [-0.4, -0.2) is 25.7 Å². The number of hydrogen-bond acceptors (Lipinski definition) is 4. The van der Waals surface area contributed by atoms with Crippen LogP contribution in [0.4, 0.5) is 0 Å². The minimum Gasteiger partial charge on any atom is -0.348 e. The second kappa shape index (κ2) is 8.48. The van der Waals surface area contributed by atoms with Crippen LogP contribution < -0.4 is 5.32 Å². The van der Waals surface area contributed by atoms with Gasteiger partial charge in [-0.2, -0.15) is 5.10 Å². The molecule has 6 nitrogen and oxygen atoms in total. The number of nitrogens with one attached hydrogen (secondary N) is 1. The number of aromatic nitrogens is 4. The van der Waals surface area contributed by atoms with E-state index in [1.165, 1.54) is 6.33 Å². The Morgan fingerprint density at radius 2 is 1.72 bits per heavy atom. The van der Waals surface area contributed by atoms with Crippen molar-refractivity contribution >= 4 is 5.91 Å². The number of hydrogen-bond donors (Lipinski definition) is 1. The van der Waals surface area contributed by atoms with E-state index in [4.69, 9.17) is 0 Å². The second-order valence-electron chi connectivity index (χ2n) is 6.81. The Hall–Kier alpha value is -3.80. The number of rotatable bonds is 6. The van der Waals surface area contributed by atoms with E-state index in [0.29, 0.717) is 0 Å². The summed E-state index contributed by atoms with van der Waals surface area (Å²) in [5.74, 6) is -0.0776. The quantitative estimate of drug-likeness (QED) is 0.548.